The summed E-state index contributed by atoms with van der Waals surface area (Å²) in [4.78, 5) is 22.4. The van der Waals surface area contributed by atoms with Gasteiger partial charge in [0, 0.05) is 10.6 Å². The minimum atomic E-state index is -0.154. The fourth-order valence-corrected chi connectivity index (χ4v) is 5.33. The Balaban J connectivity index is 1.11. The second kappa shape index (κ2) is 10.4. The fraction of sp³-hybridized carbons (Fsp3) is 0.321. The highest BCUT2D eigenvalue weighted by atomic mass is 35.5. The van der Waals surface area contributed by atoms with Crippen LogP contribution in [0.5, 0.6) is 11.5 Å². The summed E-state index contributed by atoms with van der Waals surface area (Å²) in [6.45, 7) is 3.42. The number of piperidine rings is 1. The van der Waals surface area contributed by atoms with E-state index < -0.39 is 0 Å². The van der Waals surface area contributed by atoms with Crippen LogP contribution in [0.25, 0.3) is 0 Å². The van der Waals surface area contributed by atoms with Crippen molar-refractivity contribution in [1.82, 2.24) is 19.4 Å². The van der Waals surface area contributed by atoms with Crippen molar-refractivity contribution in [3.63, 3.8) is 0 Å². The molecule has 1 fully saturated rings. The van der Waals surface area contributed by atoms with Crippen molar-refractivity contribution < 1.29 is 18.7 Å². The van der Waals surface area contributed by atoms with Gasteiger partial charge in [0.2, 0.25) is 0 Å². The molecule has 0 N–H and O–H groups in total. The third-order valence-electron chi connectivity index (χ3n) is 7.18. The monoisotopic (exact) mass is 518 g/mol. The van der Waals surface area contributed by atoms with Gasteiger partial charge in [-0.25, -0.2) is 9.97 Å². The summed E-state index contributed by atoms with van der Waals surface area (Å²) in [7, 11) is 0. The number of carbonyl (C=O) groups is 1. The van der Waals surface area contributed by atoms with Gasteiger partial charge in [0.15, 0.2) is 30.3 Å². The molecule has 8 nitrogen and oxygen atoms in total. The Morgan fingerprint density at radius 1 is 1.05 bits per heavy atom. The molecule has 0 amide bonds. The van der Waals surface area contributed by atoms with Gasteiger partial charge in [-0.05, 0) is 55.6 Å². The van der Waals surface area contributed by atoms with Gasteiger partial charge in [-0.2, -0.15) is 0 Å². The van der Waals surface area contributed by atoms with Crippen LogP contribution in [0, 0.1) is 0 Å². The number of aldehydes is 1. The molecular weight excluding hydrogens is 492 g/mol. The molecule has 2 aromatic carbocycles. The first-order chi connectivity index (χ1) is 18.2. The van der Waals surface area contributed by atoms with Gasteiger partial charge >= 0.3 is 0 Å². The second-order valence-electron chi connectivity index (χ2n) is 9.47. The number of nitrogens with zero attached hydrogens (tertiary/aromatic N) is 4. The van der Waals surface area contributed by atoms with Gasteiger partial charge in [0.1, 0.15) is 23.9 Å². The van der Waals surface area contributed by atoms with Crippen LogP contribution >= 0.6 is 11.6 Å². The van der Waals surface area contributed by atoms with Gasteiger partial charge in [-0.15, -0.1) is 0 Å². The zero-order valence-electron chi connectivity index (χ0n) is 20.3. The number of benzene rings is 2. The summed E-state index contributed by atoms with van der Waals surface area (Å²) in [5, 5.41) is 0.706. The molecule has 37 heavy (non-hydrogen) atoms. The summed E-state index contributed by atoms with van der Waals surface area (Å²) >= 11 is 6.04. The van der Waals surface area contributed by atoms with Gasteiger partial charge in [0.05, 0.1) is 25.5 Å². The minimum absolute atomic E-state index is 0.154. The lowest BCUT2D eigenvalue weighted by molar-refractivity contribution is 0.0888. The number of aromatic nitrogens is 3. The van der Waals surface area contributed by atoms with Gasteiger partial charge in [0.25, 0.3) is 0 Å². The predicted octanol–water partition coefficient (Wildman–Crippen LogP) is 5.28. The van der Waals surface area contributed by atoms with Crippen LogP contribution < -0.4 is 9.47 Å². The van der Waals surface area contributed by atoms with E-state index in [2.05, 4.69) is 27.0 Å². The first-order valence-corrected chi connectivity index (χ1v) is 12.8. The number of likely N-dealkylation sites (tertiary alicyclic amines) is 1. The molecular formula is C28H27ClN4O4. The molecule has 4 heterocycles. The number of carbonyl (C=O) groups excluding carboxylic acids is 1. The van der Waals surface area contributed by atoms with Crippen molar-refractivity contribution in [2.24, 2.45) is 0 Å². The maximum Gasteiger partial charge on any atom is 0.180 e. The number of oxazole rings is 1. The minimum Gasteiger partial charge on any atom is -0.485 e. The number of rotatable bonds is 7. The molecule has 6 rings (SSSR count). The van der Waals surface area contributed by atoms with E-state index in [1.165, 1.54) is 12.0 Å². The normalized spacial score (nSPS) is 18.1. The molecule has 1 saturated heterocycles. The third-order valence-corrected chi connectivity index (χ3v) is 7.43. The third kappa shape index (κ3) is 4.99. The van der Waals surface area contributed by atoms with Crippen LogP contribution in [0.3, 0.4) is 0 Å². The standard InChI is InChI=1S/C28H27ClN4O4/c29-21-6-4-20(5-7-21)26-17-35-28-24(2-1-3-25(28)37-26)19-8-10-32(11-9-19)15-27-31-12-22(16-34)33(27)14-23-13-30-18-36-23/h1-7,12-13,16,18-19,26H,8-11,14-15,17H2/t26-/m0/s1. The largest absolute Gasteiger partial charge is 0.485 e. The van der Waals surface area contributed by atoms with Crippen LogP contribution in [0.2, 0.25) is 5.02 Å². The number of para-hydroxylation sites is 1. The average Bonchev–Trinajstić information content (AvgIpc) is 3.59. The fourth-order valence-electron chi connectivity index (χ4n) is 5.20. The number of halogens is 1. The highest BCUT2D eigenvalue weighted by molar-refractivity contribution is 6.30. The average molecular weight is 519 g/mol. The maximum absolute atomic E-state index is 11.5. The topological polar surface area (TPSA) is 82.6 Å². The number of hydrogen-bond donors (Lipinski definition) is 0. The van der Waals surface area contributed by atoms with E-state index in [4.69, 9.17) is 25.5 Å². The number of fused-ring (bicyclic) bond motifs is 1. The van der Waals surface area contributed by atoms with Crippen LogP contribution in [0.1, 0.15) is 58.1 Å². The first-order valence-electron chi connectivity index (χ1n) is 12.4. The molecule has 1 atom stereocenters. The van der Waals surface area contributed by atoms with E-state index in [0.29, 0.717) is 42.1 Å². The Labute approximate surface area is 219 Å². The Hall–Kier alpha value is -3.62. The Morgan fingerprint density at radius 3 is 2.65 bits per heavy atom. The molecule has 2 aromatic heterocycles. The lowest BCUT2D eigenvalue weighted by Crippen LogP contribution is -2.34. The molecule has 2 aliphatic heterocycles. The second-order valence-corrected chi connectivity index (χ2v) is 9.90. The van der Waals surface area contributed by atoms with Gasteiger partial charge in [-0.1, -0.05) is 35.9 Å². The van der Waals surface area contributed by atoms with Crippen LogP contribution in [-0.4, -0.2) is 45.4 Å². The Morgan fingerprint density at radius 2 is 1.89 bits per heavy atom. The number of ether oxygens (including phenoxy) is 2. The molecule has 4 aromatic rings. The number of imidazole rings is 1. The van der Waals surface area contributed by atoms with E-state index in [1.54, 1.807) is 12.4 Å². The zero-order valence-corrected chi connectivity index (χ0v) is 21.0. The summed E-state index contributed by atoms with van der Waals surface area (Å²) in [6.07, 6.45) is 7.36. The molecule has 0 unspecified atom stereocenters. The van der Waals surface area contributed by atoms with Crippen molar-refractivity contribution in [3.05, 3.63) is 94.7 Å². The van der Waals surface area contributed by atoms with Crippen LogP contribution in [0.15, 0.2) is 65.7 Å². The highest BCUT2D eigenvalue weighted by Gasteiger charge is 2.30. The Bertz CT molecular complexity index is 1360. The van der Waals surface area contributed by atoms with Crippen molar-refractivity contribution in [1.29, 1.82) is 0 Å². The van der Waals surface area contributed by atoms with Crippen molar-refractivity contribution in [2.45, 2.75) is 38.0 Å². The highest BCUT2D eigenvalue weighted by Crippen LogP contribution is 2.44. The van der Waals surface area contributed by atoms with E-state index >= 15 is 0 Å². The molecule has 2 aliphatic rings. The lowest BCUT2D eigenvalue weighted by atomic mass is 9.88. The zero-order chi connectivity index (χ0) is 25.2. The SMILES string of the molecule is O=Cc1cnc(CN2CCC(c3cccc4c3OC[C@@H](c3ccc(Cl)cc3)O4)CC2)n1Cc1cnco1. The van der Waals surface area contributed by atoms with E-state index in [1.807, 2.05) is 34.9 Å². The molecule has 0 saturated carbocycles. The molecule has 9 heteroatoms. The molecule has 0 spiro atoms. The summed E-state index contributed by atoms with van der Waals surface area (Å²) in [5.74, 6) is 3.59. The maximum atomic E-state index is 11.5. The smallest absolute Gasteiger partial charge is 0.180 e. The molecule has 0 radical (unpaired) electrons. The number of hydrogen-bond acceptors (Lipinski definition) is 7. The van der Waals surface area contributed by atoms with E-state index in [0.717, 1.165) is 55.1 Å². The van der Waals surface area contributed by atoms with Gasteiger partial charge < -0.3 is 18.5 Å². The van der Waals surface area contributed by atoms with E-state index in [-0.39, 0.29) is 6.10 Å². The summed E-state index contributed by atoms with van der Waals surface area (Å²) < 4.78 is 19.9. The van der Waals surface area contributed by atoms with Crippen molar-refractivity contribution >= 4 is 17.9 Å². The van der Waals surface area contributed by atoms with Crippen molar-refractivity contribution in [3.8, 4) is 11.5 Å². The van der Waals surface area contributed by atoms with Gasteiger partial charge in [-0.3, -0.25) is 9.69 Å². The summed E-state index contributed by atoms with van der Waals surface area (Å²) in [5.41, 5.74) is 2.79. The molecule has 0 aliphatic carbocycles. The van der Waals surface area contributed by atoms with Crippen molar-refractivity contribution in [2.75, 3.05) is 19.7 Å². The first kappa shape index (κ1) is 23.8. The quantitative estimate of drug-likeness (QED) is 0.308. The van der Waals surface area contributed by atoms with E-state index in [9.17, 15) is 4.79 Å². The molecule has 190 valence electrons. The summed E-state index contributed by atoms with van der Waals surface area (Å²) in [6, 6.07) is 13.9. The molecule has 0 bridgehead atoms. The van der Waals surface area contributed by atoms with Crippen LogP contribution in [0.4, 0.5) is 0 Å². The van der Waals surface area contributed by atoms with Crippen LogP contribution in [-0.2, 0) is 13.1 Å². The lowest BCUT2D eigenvalue weighted by Gasteiger charge is -2.34. The Kier molecular flexibility index (Phi) is 6.68. The predicted molar refractivity (Wildman–Crippen MR) is 137 cm³/mol.